The zero-order chi connectivity index (χ0) is 16.0. The molecule has 0 aliphatic heterocycles. The summed E-state index contributed by atoms with van der Waals surface area (Å²) in [5.41, 5.74) is 0.484. The summed E-state index contributed by atoms with van der Waals surface area (Å²) in [5.74, 6) is 0.865. The van der Waals surface area contributed by atoms with E-state index in [4.69, 9.17) is 0 Å². The highest BCUT2D eigenvalue weighted by Gasteiger charge is 2.38. The number of hydrogen-bond donors (Lipinski definition) is 1. The van der Waals surface area contributed by atoms with Crippen LogP contribution in [0.15, 0.2) is 0 Å². The zero-order valence-corrected chi connectivity index (χ0v) is 15.6. The second kappa shape index (κ2) is 8.50. The first kappa shape index (κ1) is 18.9. The average Bonchev–Trinajstić information content (AvgIpc) is 2.45. The largest absolute Gasteiger partial charge is 0.313 e. The molecular formula is C18H39N3. The number of hydrogen-bond acceptors (Lipinski definition) is 3. The van der Waals surface area contributed by atoms with E-state index < -0.39 is 0 Å². The van der Waals surface area contributed by atoms with Crippen molar-refractivity contribution >= 4 is 0 Å². The molecule has 21 heavy (non-hydrogen) atoms. The molecule has 1 aliphatic carbocycles. The lowest BCUT2D eigenvalue weighted by Crippen LogP contribution is -2.54. The monoisotopic (exact) mass is 297 g/mol. The topological polar surface area (TPSA) is 18.5 Å². The van der Waals surface area contributed by atoms with E-state index in [1.165, 1.54) is 32.2 Å². The molecule has 1 N–H and O–H groups in total. The molecule has 0 aromatic carbocycles. The maximum Gasteiger partial charge on any atom is 0.0249 e. The van der Waals surface area contributed by atoms with E-state index in [2.05, 4.69) is 64.0 Å². The van der Waals surface area contributed by atoms with Gasteiger partial charge in [0.1, 0.15) is 0 Å². The molecule has 1 aliphatic rings. The second-order valence-electron chi connectivity index (χ2n) is 7.87. The van der Waals surface area contributed by atoms with Gasteiger partial charge in [-0.3, -0.25) is 0 Å². The molecule has 0 aromatic rings. The van der Waals surface area contributed by atoms with E-state index in [0.717, 1.165) is 19.0 Å². The molecule has 1 rings (SSSR count). The highest BCUT2D eigenvalue weighted by molar-refractivity contribution is 4.94. The Morgan fingerprint density at radius 3 is 2.24 bits per heavy atom. The Morgan fingerprint density at radius 1 is 1.05 bits per heavy atom. The summed E-state index contributed by atoms with van der Waals surface area (Å²) in [6, 6.07) is 1.36. The van der Waals surface area contributed by atoms with Crippen LogP contribution in [0.25, 0.3) is 0 Å². The van der Waals surface area contributed by atoms with Gasteiger partial charge in [0.25, 0.3) is 0 Å². The minimum Gasteiger partial charge on any atom is -0.313 e. The predicted octanol–water partition coefficient (Wildman–Crippen LogP) is 3.06. The van der Waals surface area contributed by atoms with Crippen LogP contribution in [0.4, 0.5) is 0 Å². The van der Waals surface area contributed by atoms with Crippen LogP contribution in [0.3, 0.4) is 0 Å². The van der Waals surface area contributed by atoms with Crippen LogP contribution in [-0.4, -0.2) is 62.7 Å². The van der Waals surface area contributed by atoms with Crippen LogP contribution in [0.5, 0.6) is 0 Å². The smallest absolute Gasteiger partial charge is 0.0249 e. The normalized spacial score (nSPS) is 27.6. The lowest BCUT2D eigenvalue weighted by molar-refractivity contribution is 0.0601. The van der Waals surface area contributed by atoms with Gasteiger partial charge in [0.2, 0.25) is 0 Å². The summed E-state index contributed by atoms with van der Waals surface area (Å²) in [5, 5.41) is 3.74. The van der Waals surface area contributed by atoms with E-state index in [1.807, 2.05) is 0 Å². The van der Waals surface area contributed by atoms with E-state index >= 15 is 0 Å². The lowest BCUT2D eigenvalue weighted by atomic mass is 9.67. The quantitative estimate of drug-likeness (QED) is 0.743. The average molecular weight is 298 g/mol. The molecule has 1 fully saturated rings. The molecule has 1 saturated carbocycles. The zero-order valence-electron chi connectivity index (χ0n) is 15.6. The van der Waals surface area contributed by atoms with Crippen LogP contribution in [0.2, 0.25) is 0 Å². The van der Waals surface area contributed by atoms with Crippen molar-refractivity contribution in [1.82, 2.24) is 15.1 Å². The summed E-state index contributed by atoms with van der Waals surface area (Å²) in [6.45, 7) is 12.9. The molecule has 3 heteroatoms. The van der Waals surface area contributed by atoms with Crippen molar-refractivity contribution in [2.45, 2.75) is 65.5 Å². The molecular weight excluding hydrogens is 258 g/mol. The third-order valence-corrected chi connectivity index (χ3v) is 5.77. The Balaban J connectivity index is 2.71. The highest BCUT2D eigenvalue weighted by atomic mass is 15.2. The summed E-state index contributed by atoms with van der Waals surface area (Å²) in [4.78, 5) is 4.89. The molecule has 0 spiro atoms. The van der Waals surface area contributed by atoms with Gasteiger partial charge in [-0.1, -0.05) is 34.1 Å². The Hall–Kier alpha value is -0.120. The summed E-state index contributed by atoms with van der Waals surface area (Å²) < 4.78 is 0. The fourth-order valence-corrected chi connectivity index (χ4v) is 3.66. The Kier molecular flexibility index (Phi) is 7.66. The number of rotatable bonds is 8. The Morgan fingerprint density at radius 2 is 1.71 bits per heavy atom. The van der Waals surface area contributed by atoms with E-state index in [9.17, 15) is 0 Å². The molecule has 0 amide bonds. The highest BCUT2D eigenvalue weighted by Crippen LogP contribution is 2.41. The van der Waals surface area contributed by atoms with Gasteiger partial charge in [0, 0.05) is 25.2 Å². The third-order valence-electron chi connectivity index (χ3n) is 5.77. The number of nitrogens with one attached hydrogen (secondary N) is 1. The molecule has 0 radical (unpaired) electrons. The van der Waals surface area contributed by atoms with Gasteiger partial charge in [-0.05, 0) is 58.3 Å². The maximum absolute atomic E-state index is 3.74. The van der Waals surface area contributed by atoms with Crippen LogP contribution >= 0.6 is 0 Å². The van der Waals surface area contributed by atoms with E-state index in [-0.39, 0.29) is 0 Å². The van der Waals surface area contributed by atoms with Crippen molar-refractivity contribution in [2.24, 2.45) is 11.3 Å². The van der Waals surface area contributed by atoms with Crippen LogP contribution in [0, 0.1) is 11.3 Å². The van der Waals surface area contributed by atoms with Gasteiger partial charge in [-0.25, -0.2) is 0 Å². The standard InChI is InChI=1S/C18H39N3/c1-8-18(3,4)15-10-11-16(19-9-2)17(14-15)21(7)13-12-20(5)6/h15-17,19H,8-14H2,1-7H3. The van der Waals surface area contributed by atoms with Crippen molar-refractivity contribution < 1.29 is 0 Å². The molecule has 3 atom stereocenters. The maximum atomic E-state index is 3.74. The van der Waals surface area contributed by atoms with Crippen molar-refractivity contribution in [3.8, 4) is 0 Å². The minimum atomic E-state index is 0.484. The van der Waals surface area contributed by atoms with Crippen LogP contribution in [0.1, 0.15) is 53.4 Å². The fourth-order valence-electron chi connectivity index (χ4n) is 3.66. The van der Waals surface area contributed by atoms with Crippen LogP contribution in [-0.2, 0) is 0 Å². The first-order valence-corrected chi connectivity index (χ1v) is 8.90. The molecule has 0 aromatic heterocycles. The second-order valence-corrected chi connectivity index (χ2v) is 7.87. The first-order chi connectivity index (χ1) is 9.81. The van der Waals surface area contributed by atoms with Gasteiger partial charge in [-0.15, -0.1) is 0 Å². The van der Waals surface area contributed by atoms with Gasteiger partial charge in [0.05, 0.1) is 0 Å². The van der Waals surface area contributed by atoms with Gasteiger partial charge < -0.3 is 15.1 Å². The van der Waals surface area contributed by atoms with Crippen molar-refractivity contribution in [3.63, 3.8) is 0 Å². The van der Waals surface area contributed by atoms with E-state index in [0.29, 0.717) is 17.5 Å². The molecule has 0 heterocycles. The van der Waals surface area contributed by atoms with Crippen molar-refractivity contribution in [2.75, 3.05) is 40.8 Å². The molecule has 3 unspecified atom stereocenters. The minimum absolute atomic E-state index is 0.484. The summed E-state index contributed by atoms with van der Waals surface area (Å²) in [7, 11) is 6.65. The van der Waals surface area contributed by atoms with Crippen LogP contribution < -0.4 is 5.32 Å². The van der Waals surface area contributed by atoms with Gasteiger partial charge >= 0.3 is 0 Å². The van der Waals surface area contributed by atoms with Gasteiger partial charge in [-0.2, -0.15) is 0 Å². The fraction of sp³-hybridized carbons (Fsp3) is 1.00. The molecule has 126 valence electrons. The molecule has 3 nitrogen and oxygen atoms in total. The molecule has 0 saturated heterocycles. The lowest BCUT2D eigenvalue weighted by Gasteiger charge is -2.46. The SMILES string of the molecule is CCNC1CCC(C(C)(C)CC)CC1N(C)CCN(C)C. The number of likely N-dealkylation sites (N-methyl/N-ethyl adjacent to an activating group) is 3. The Bertz CT molecular complexity index is 288. The summed E-state index contributed by atoms with van der Waals surface area (Å²) >= 11 is 0. The molecule has 0 bridgehead atoms. The first-order valence-electron chi connectivity index (χ1n) is 8.90. The van der Waals surface area contributed by atoms with E-state index in [1.54, 1.807) is 0 Å². The predicted molar refractivity (Wildman–Crippen MR) is 93.8 cm³/mol. The summed E-state index contributed by atoms with van der Waals surface area (Å²) in [6.07, 6.45) is 5.36. The number of nitrogens with zero attached hydrogens (tertiary/aromatic N) is 2. The third kappa shape index (κ3) is 5.54. The Labute approximate surface area is 133 Å². The van der Waals surface area contributed by atoms with Crippen molar-refractivity contribution in [1.29, 1.82) is 0 Å². The van der Waals surface area contributed by atoms with Crippen molar-refractivity contribution in [3.05, 3.63) is 0 Å². The van der Waals surface area contributed by atoms with Gasteiger partial charge in [0.15, 0.2) is 0 Å².